The van der Waals surface area contributed by atoms with E-state index < -0.39 is 5.97 Å². The Kier molecular flexibility index (Phi) is 8.20. The van der Waals surface area contributed by atoms with Crippen molar-refractivity contribution >= 4 is 5.97 Å². The van der Waals surface area contributed by atoms with E-state index in [1.54, 1.807) is 7.11 Å². The van der Waals surface area contributed by atoms with Crippen LogP contribution in [0.5, 0.6) is 5.88 Å². The molecule has 1 heterocycles. The maximum absolute atomic E-state index is 10.6. The van der Waals surface area contributed by atoms with Crippen molar-refractivity contribution in [2.24, 2.45) is 0 Å². The maximum atomic E-state index is 10.6. The summed E-state index contributed by atoms with van der Waals surface area (Å²) in [6.45, 7) is 2.76. The smallest absolute Gasteiger partial charge is 0.356 e. The van der Waals surface area contributed by atoms with E-state index in [0.717, 1.165) is 0 Å². The van der Waals surface area contributed by atoms with Crippen molar-refractivity contribution in [2.45, 2.75) is 0 Å². The highest BCUT2D eigenvalue weighted by Crippen LogP contribution is 2.04. The van der Waals surface area contributed by atoms with E-state index >= 15 is 0 Å². The molecule has 8 heteroatoms. The highest BCUT2D eigenvalue weighted by Gasteiger charge is 2.05. The minimum Gasteiger partial charge on any atom is -0.476 e. The minimum absolute atomic E-state index is 0.123. The van der Waals surface area contributed by atoms with Gasteiger partial charge >= 0.3 is 5.97 Å². The third kappa shape index (κ3) is 6.98. The molecule has 8 nitrogen and oxygen atoms in total. The Hall–Kier alpha value is -1.77. The lowest BCUT2D eigenvalue weighted by atomic mass is 10.4. The second-order valence-corrected chi connectivity index (χ2v) is 3.63. The number of hydrogen-bond acceptors (Lipinski definition) is 7. The second-order valence-electron chi connectivity index (χ2n) is 3.63. The van der Waals surface area contributed by atoms with Crippen LogP contribution in [-0.4, -0.2) is 68.0 Å². The molecule has 20 heavy (non-hydrogen) atoms. The molecule has 112 valence electrons. The summed E-state index contributed by atoms with van der Waals surface area (Å²) in [5.41, 5.74) is -0.123. The Morgan fingerprint density at radius 3 is 2.25 bits per heavy atom. The number of hydrogen-bond donors (Lipinski definition) is 1. The van der Waals surface area contributed by atoms with Gasteiger partial charge in [0.05, 0.1) is 33.0 Å². The molecule has 0 aliphatic rings. The normalized spacial score (nSPS) is 10.4. The van der Waals surface area contributed by atoms with Gasteiger partial charge in [-0.05, 0) is 6.07 Å². The molecule has 0 radical (unpaired) electrons. The standard InChI is InChI=1S/C12H18N2O6/c1-17-4-5-18-6-7-19-8-9-20-11-3-2-10(12(15)16)13-14-11/h2-3H,4-9H2,1H3,(H,15,16). The number of ether oxygens (including phenoxy) is 4. The van der Waals surface area contributed by atoms with Crippen LogP contribution in [0.3, 0.4) is 0 Å². The van der Waals surface area contributed by atoms with Gasteiger partial charge in [0.15, 0.2) is 5.69 Å². The topological polar surface area (TPSA) is 100 Å². The van der Waals surface area contributed by atoms with Crippen molar-refractivity contribution < 1.29 is 28.8 Å². The Morgan fingerprint density at radius 2 is 1.70 bits per heavy atom. The van der Waals surface area contributed by atoms with Crippen LogP contribution in [0.2, 0.25) is 0 Å². The zero-order chi connectivity index (χ0) is 14.6. The average molecular weight is 286 g/mol. The van der Waals surface area contributed by atoms with Crippen LogP contribution < -0.4 is 4.74 Å². The predicted molar refractivity (Wildman–Crippen MR) is 68.0 cm³/mol. The van der Waals surface area contributed by atoms with E-state index in [-0.39, 0.29) is 11.6 Å². The van der Waals surface area contributed by atoms with Crippen LogP contribution in [0, 0.1) is 0 Å². The Balaban J connectivity index is 2.02. The van der Waals surface area contributed by atoms with Gasteiger partial charge in [0.25, 0.3) is 0 Å². The summed E-state index contributed by atoms with van der Waals surface area (Å²) in [6, 6.07) is 2.78. The number of rotatable bonds is 11. The van der Waals surface area contributed by atoms with E-state index in [2.05, 4.69) is 10.2 Å². The van der Waals surface area contributed by atoms with Crippen LogP contribution in [-0.2, 0) is 14.2 Å². The molecule has 0 atom stereocenters. The summed E-state index contributed by atoms with van der Waals surface area (Å²) < 4.78 is 20.5. The summed E-state index contributed by atoms with van der Waals surface area (Å²) >= 11 is 0. The van der Waals surface area contributed by atoms with Gasteiger partial charge in [0.2, 0.25) is 5.88 Å². The molecular weight excluding hydrogens is 268 g/mol. The molecule has 0 bridgehead atoms. The Labute approximate surface area is 116 Å². The first kappa shape index (κ1) is 16.3. The van der Waals surface area contributed by atoms with Crippen molar-refractivity contribution in [3.63, 3.8) is 0 Å². The van der Waals surface area contributed by atoms with Gasteiger partial charge in [0.1, 0.15) is 6.61 Å². The maximum Gasteiger partial charge on any atom is 0.356 e. The fraction of sp³-hybridized carbons (Fsp3) is 0.583. The lowest BCUT2D eigenvalue weighted by Gasteiger charge is -2.06. The largest absolute Gasteiger partial charge is 0.476 e. The van der Waals surface area contributed by atoms with E-state index in [0.29, 0.717) is 39.6 Å². The molecule has 0 aromatic carbocycles. The number of carboxylic acid groups (broad SMARTS) is 1. The fourth-order valence-corrected chi connectivity index (χ4v) is 1.18. The molecule has 0 spiro atoms. The van der Waals surface area contributed by atoms with Crippen LogP contribution >= 0.6 is 0 Å². The molecular formula is C12H18N2O6. The number of nitrogens with zero attached hydrogens (tertiary/aromatic N) is 2. The molecule has 0 aliphatic heterocycles. The highest BCUT2D eigenvalue weighted by molar-refractivity contribution is 5.84. The van der Waals surface area contributed by atoms with Gasteiger partial charge in [-0.25, -0.2) is 4.79 Å². The number of carbonyl (C=O) groups is 1. The minimum atomic E-state index is -1.12. The SMILES string of the molecule is COCCOCCOCCOc1ccc(C(=O)O)nn1. The first-order valence-corrected chi connectivity index (χ1v) is 6.08. The number of aromatic carboxylic acids is 1. The van der Waals surface area contributed by atoms with Crippen LogP contribution in [0.1, 0.15) is 10.5 Å². The fourth-order valence-electron chi connectivity index (χ4n) is 1.18. The predicted octanol–water partition coefficient (Wildman–Crippen LogP) is 0.233. The molecule has 0 aliphatic carbocycles. The molecule has 0 fully saturated rings. The summed E-state index contributed by atoms with van der Waals surface area (Å²) in [4.78, 5) is 10.6. The highest BCUT2D eigenvalue weighted by atomic mass is 16.6. The molecule has 0 amide bonds. The average Bonchev–Trinajstić information content (AvgIpc) is 2.46. The number of methoxy groups -OCH3 is 1. The van der Waals surface area contributed by atoms with Gasteiger partial charge in [0, 0.05) is 13.2 Å². The first-order valence-electron chi connectivity index (χ1n) is 6.08. The zero-order valence-corrected chi connectivity index (χ0v) is 11.3. The van der Waals surface area contributed by atoms with E-state index in [9.17, 15) is 4.79 Å². The lowest BCUT2D eigenvalue weighted by molar-refractivity contribution is 0.0176. The molecule has 0 saturated heterocycles. The summed E-state index contributed by atoms with van der Waals surface area (Å²) in [5.74, 6) is -0.865. The van der Waals surface area contributed by atoms with Crippen LogP contribution in [0.15, 0.2) is 12.1 Å². The Morgan fingerprint density at radius 1 is 1.05 bits per heavy atom. The molecule has 0 unspecified atom stereocenters. The van der Waals surface area contributed by atoms with Gasteiger partial charge in [-0.3, -0.25) is 0 Å². The van der Waals surface area contributed by atoms with Crippen LogP contribution in [0.25, 0.3) is 0 Å². The second kappa shape index (κ2) is 10.1. The van der Waals surface area contributed by atoms with Gasteiger partial charge in [-0.1, -0.05) is 0 Å². The van der Waals surface area contributed by atoms with Gasteiger partial charge in [-0.2, -0.15) is 0 Å². The molecule has 1 aromatic rings. The van der Waals surface area contributed by atoms with Crippen molar-refractivity contribution in [3.8, 4) is 5.88 Å². The van der Waals surface area contributed by atoms with Crippen molar-refractivity contribution in [3.05, 3.63) is 17.8 Å². The molecule has 1 aromatic heterocycles. The monoisotopic (exact) mass is 286 g/mol. The number of carboxylic acids is 1. The van der Waals surface area contributed by atoms with Gasteiger partial charge in [-0.15, -0.1) is 10.2 Å². The quantitative estimate of drug-likeness (QED) is 0.577. The molecule has 1 rings (SSSR count). The summed E-state index contributed by atoms with van der Waals surface area (Å²) in [6.07, 6.45) is 0. The summed E-state index contributed by atoms with van der Waals surface area (Å²) in [5, 5.41) is 15.8. The van der Waals surface area contributed by atoms with E-state index in [1.165, 1.54) is 12.1 Å². The third-order valence-electron chi connectivity index (χ3n) is 2.14. The zero-order valence-electron chi connectivity index (χ0n) is 11.3. The van der Waals surface area contributed by atoms with E-state index in [4.69, 9.17) is 24.1 Å². The van der Waals surface area contributed by atoms with E-state index in [1.807, 2.05) is 0 Å². The molecule has 0 saturated carbocycles. The first-order chi connectivity index (χ1) is 9.74. The van der Waals surface area contributed by atoms with Gasteiger partial charge < -0.3 is 24.1 Å². The number of aromatic nitrogens is 2. The third-order valence-corrected chi connectivity index (χ3v) is 2.14. The van der Waals surface area contributed by atoms with Crippen molar-refractivity contribution in [2.75, 3.05) is 46.8 Å². The Bertz CT molecular complexity index is 384. The van der Waals surface area contributed by atoms with Crippen molar-refractivity contribution in [1.82, 2.24) is 10.2 Å². The van der Waals surface area contributed by atoms with Crippen molar-refractivity contribution in [1.29, 1.82) is 0 Å². The van der Waals surface area contributed by atoms with Crippen LogP contribution in [0.4, 0.5) is 0 Å². The lowest BCUT2D eigenvalue weighted by Crippen LogP contribution is -2.13. The molecule has 1 N–H and O–H groups in total. The summed E-state index contributed by atoms with van der Waals surface area (Å²) in [7, 11) is 1.61.